The van der Waals surface area contributed by atoms with Crippen LogP contribution in [0, 0.1) is 0 Å². The van der Waals surface area contributed by atoms with Crippen LogP contribution in [0.4, 0.5) is 0 Å². The van der Waals surface area contributed by atoms with Crippen LogP contribution in [0.5, 0.6) is 0 Å². The minimum Gasteiger partial charge on any atom is -0.396 e. The molecule has 1 aliphatic rings. The van der Waals surface area contributed by atoms with Crippen molar-refractivity contribution in [3.8, 4) is 0 Å². The molecular weight excluding hydrogens is 142 g/mol. The number of rotatable bonds is 2. The molecule has 0 aromatic carbocycles. The fourth-order valence-electron chi connectivity index (χ4n) is 1.65. The summed E-state index contributed by atoms with van der Waals surface area (Å²) in [5.74, 6) is 0. The van der Waals surface area contributed by atoms with Gasteiger partial charge in [0, 0.05) is 12.1 Å². The summed E-state index contributed by atoms with van der Waals surface area (Å²) >= 11 is 0. The number of hydrogen-bond donors (Lipinski definition) is 3. The van der Waals surface area contributed by atoms with Gasteiger partial charge in [-0.2, -0.15) is 0 Å². The van der Waals surface area contributed by atoms with Crippen LogP contribution in [-0.2, 0) is 0 Å². The average molecular weight is 159 g/mol. The molecule has 0 aromatic heterocycles. The van der Waals surface area contributed by atoms with E-state index in [1.54, 1.807) is 0 Å². The topological polar surface area (TPSA) is 66.5 Å². The lowest BCUT2D eigenvalue weighted by Gasteiger charge is -2.34. The van der Waals surface area contributed by atoms with E-state index in [-0.39, 0.29) is 18.2 Å². The van der Waals surface area contributed by atoms with Gasteiger partial charge in [-0.25, -0.2) is 0 Å². The Morgan fingerprint density at radius 2 is 1.91 bits per heavy atom. The third-order valence-electron chi connectivity index (χ3n) is 2.56. The molecule has 0 amide bonds. The first kappa shape index (κ1) is 8.97. The molecule has 0 unspecified atom stereocenters. The maximum Gasteiger partial charge on any atom is 0.0541 e. The Kier molecular flexibility index (Phi) is 2.87. The van der Waals surface area contributed by atoms with Gasteiger partial charge in [0.25, 0.3) is 0 Å². The van der Waals surface area contributed by atoms with Gasteiger partial charge < -0.3 is 15.9 Å². The summed E-state index contributed by atoms with van der Waals surface area (Å²) in [5, 5.41) is 17.9. The molecule has 0 radical (unpaired) electrons. The van der Waals surface area contributed by atoms with Crippen LogP contribution in [0.15, 0.2) is 0 Å². The second kappa shape index (κ2) is 3.52. The Balaban J connectivity index is 2.35. The zero-order chi connectivity index (χ0) is 8.32. The Morgan fingerprint density at radius 1 is 1.36 bits per heavy atom. The Bertz CT molecular complexity index is 119. The van der Waals surface area contributed by atoms with Crippen molar-refractivity contribution in [3.63, 3.8) is 0 Å². The van der Waals surface area contributed by atoms with Gasteiger partial charge in [0.15, 0.2) is 0 Å². The first-order valence-corrected chi connectivity index (χ1v) is 4.24. The van der Waals surface area contributed by atoms with Crippen LogP contribution in [0.2, 0.25) is 0 Å². The first-order chi connectivity index (χ1) is 5.16. The van der Waals surface area contributed by atoms with Crippen molar-refractivity contribution in [2.75, 3.05) is 6.61 Å². The number of aliphatic hydroxyl groups excluding tert-OH is 2. The fraction of sp³-hybridized carbons (Fsp3) is 1.00. The van der Waals surface area contributed by atoms with Crippen molar-refractivity contribution in [2.24, 2.45) is 5.73 Å². The predicted octanol–water partition coefficient (Wildman–Crippen LogP) is 0.00120. The predicted molar refractivity (Wildman–Crippen MR) is 43.1 cm³/mol. The van der Waals surface area contributed by atoms with E-state index in [2.05, 4.69) is 0 Å². The second-order valence-corrected chi connectivity index (χ2v) is 3.57. The van der Waals surface area contributed by atoms with Crippen molar-refractivity contribution >= 4 is 0 Å². The van der Waals surface area contributed by atoms with Gasteiger partial charge in [0.1, 0.15) is 0 Å². The molecule has 1 fully saturated rings. The van der Waals surface area contributed by atoms with Crippen molar-refractivity contribution in [3.05, 3.63) is 0 Å². The third kappa shape index (κ3) is 2.43. The Hall–Kier alpha value is -0.120. The van der Waals surface area contributed by atoms with Gasteiger partial charge >= 0.3 is 0 Å². The van der Waals surface area contributed by atoms with Gasteiger partial charge in [-0.3, -0.25) is 0 Å². The molecule has 0 spiro atoms. The van der Waals surface area contributed by atoms with E-state index in [4.69, 9.17) is 10.8 Å². The average Bonchev–Trinajstić information content (AvgIpc) is 1.97. The Labute approximate surface area is 67.2 Å². The van der Waals surface area contributed by atoms with E-state index in [9.17, 15) is 5.11 Å². The maximum atomic E-state index is 9.19. The normalized spacial score (nSPS) is 39.0. The van der Waals surface area contributed by atoms with Gasteiger partial charge in [0.05, 0.1) is 6.10 Å². The summed E-state index contributed by atoms with van der Waals surface area (Å²) in [6.07, 6.45) is 3.77. The molecule has 66 valence electrons. The van der Waals surface area contributed by atoms with Crippen LogP contribution in [0.25, 0.3) is 0 Å². The van der Waals surface area contributed by atoms with E-state index in [1.807, 2.05) is 0 Å². The lowest BCUT2D eigenvalue weighted by atomic mass is 9.79. The van der Waals surface area contributed by atoms with Crippen LogP contribution in [0.3, 0.4) is 0 Å². The first-order valence-electron chi connectivity index (χ1n) is 4.24. The quantitative estimate of drug-likeness (QED) is 0.531. The summed E-state index contributed by atoms with van der Waals surface area (Å²) in [6.45, 7) is 0.159. The van der Waals surface area contributed by atoms with E-state index in [1.165, 1.54) is 0 Å². The van der Waals surface area contributed by atoms with Crippen molar-refractivity contribution in [2.45, 2.75) is 43.7 Å². The summed E-state index contributed by atoms with van der Waals surface area (Å²) in [5.41, 5.74) is 5.76. The molecule has 0 bridgehead atoms. The molecule has 11 heavy (non-hydrogen) atoms. The third-order valence-corrected chi connectivity index (χ3v) is 2.56. The van der Waals surface area contributed by atoms with Crippen molar-refractivity contribution < 1.29 is 10.2 Å². The van der Waals surface area contributed by atoms with Crippen LogP contribution in [-0.4, -0.2) is 28.5 Å². The molecule has 0 heterocycles. The molecule has 3 nitrogen and oxygen atoms in total. The van der Waals surface area contributed by atoms with E-state index in [0.717, 1.165) is 25.7 Å². The van der Waals surface area contributed by atoms with E-state index in [0.29, 0.717) is 6.42 Å². The SMILES string of the molecule is NC1(CCO)CCC(O)CC1. The smallest absolute Gasteiger partial charge is 0.0541 e. The number of hydrogen-bond acceptors (Lipinski definition) is 3. The summed E-state index contributed by atoms with van der Waals surface area (Å²) < 4.78 is 0. The monoisotopic (exact) mass is 159 g/mol. The molecule has 0 aromatic rings. The molecule has 0 saturated heterocycles. The van der Waals surface area contributed by atoms with Crippen molar-refractivity contribution in [1.82, 2.24) is 0 Å². The summed E-state index contributed by atoms with van der Waals surface area (Å²) in [4.78, 5) is 0. The zero-order valence-electron chi connectivity index (χ0n) is 6.79. The van der Waals surface area contributed by atoms with Crippen LogP contribution >= 0.6 is 0 Å². The molecule has 1 rings (SSSR count). The van der Waals surface area contributed by atoms with Crippen LogP contribution < -0.4 is 5.73 Å². The molecule has 3 heteroatoms. The van der Waals surface area contributed by atoms with E-state index >= 15 is 0 Å². The number of nitrogens with two attached hydrogens (primary N) is 1. The highest BCUT2D eigenvalue weighted by Gasteiger charge is 2.29. The maximum absolute atomic E-state index is 9.19. The lowest BCUT2D eigenvalue weighted by Crippen LogP contribution is -2.45. The highest BCUT2D eigenvalue weighted by Crippen LogP contribution is 2.28. The zero-order valence-corrected chi connectivity index (χ0v) is 6.79. The molecule has 0 aliphatic heterocycles. The van der Waals surface area contributed by atoms with Gasteiger partial charge in [0.2, 0.25) is 0 Å². The van der Waals surface area contributed by atoms with E-state index < -0.39 is 0 Å². The minimum absolute atomic E-state index is 0.159. The fourth-order valence-corrected chi connectivity index (χ4v) is 1.65. The largest absolute Gasteiger partial charge is 0.396 e. The standard InChI is InChI=1S/C8H17NO2/c9-8(5-6-10)3-1-7(11)2-4-8/h7,10-11H,1-6,9H2. The van der Waals surface area contributed by atoms with Crippen molar-refractivity contribution in [1.29, 1.82) is 0 Å². The Morgan fingerprint density at radius 3 is 2.36 bits per heavy atom. The lowest BCUT2D eigenvalue weighted by molar-refractivity contribution is 0.0866. The summed E-state index contributed by atoms with van der Waals surface area (Å²) in [7, 11) is 0. The van der Waals surface area contributed by atoms with Gasteiger partial charge in [-0.1, -0.05) is 0 Å². The molecule has 0 atom stereocenters. The van der Waals surface area contributed by atoms with Crippen LogP contribution in [0.1, 0.15) is 32.1 Å². The molecule has 4 N–H and O–H groups in total. The highest BCUT2D eigenvalue weighted by atomic mass is 16.3. The number of aliphatic hydroxyl groups is 2. The molecular formula is C8H17NO2. The molecule has 1 saturated carbocycles. The molecule has 1 aliphatic carbocycles. The van der Waals surface area contributed by atoms with Gasteiger partial charge in [-0.15, -0.1) is 0 Å². The highest BCUT2D eigenvalue weighted by molar-refractivity contribution is 4.89. The second-order valence-electron chi connectivity index (χ2n) is 3.57. The minimum atomic E-state index is -0.200. The summed E-state index contributed by atoms with van der Waals surface area (Å²) in [6, 6.07) is 0. The van der Waals surface area contributed by atoms with Gasteiger partial charge in [-0.05, 0) is 32.1 Å².